The zero-order chi connectivity index (χ0) is 19.1. The molecule has 3 rings (SSSR count). The van der Waals surface area contributed by atoms with Gasteiger partial charge >= 0.3 is 0 Å². The molecular weight excluding hydrogens is 338 g/mol. The van der Waals surface area contributed by atoms with Crippen LogP contribution in [0.25, 0.3) is 11.0 Å². The van der Waals surface area contributed by atoms with Crippen LogP contribution in [0.1, 0.15) is 26.1 Å². The zero-order valence-corrected chi connectivity index (χ0v) is 16.0. The molecule has 0 unspecified atom stereocenters. The second kappa shape index (κ2) is 9.21. The molecule has 0 saturated heterocycles. The lowest BCUT2D eigenvalue weighted by atomic mass is 10.2. The number of aryl methyl sites for hydroxylation is 1. The molecule has 5 nitrogen and oxygen atoms in total. The maximum Gasteiger partial charge on any atom is 0.222 e. The van der Waals surface area contributed by atoms with E-state index in [4.69, 9.17) is 9.72 Å². The molecule has 0 aliphatic carbocycles. The van der Waals surface area contributed by atoms with Crippen LogP contribution in [0.3, 0.4) is 0 Å². The summed E-state index contributed by atoms with van der Waals surface area (Å²) < 4.78 is 8.05. The normalized spacial score (nSPS) is 11.1. The fourth-order valence-electron chi connectivity index (χ4n) is 3.00. The molecule has 0 aliphatic rings. The van der Waals surface area contributed by atoms with Gasteiger partial charge in [0.25, 0.3) is 0 Å². The van der Waals surface area contributed by atoms with Crippen LogP contribution in [-0.2, 0) is 17.8 Å². The van der Waals surface area contributed by atoms with E-state index in [-0.39, 0.29) is 11.8 Å². The number of carbonyl (C=O) groups is 1. The van der Waals surface area contributed by atoms with Gasteiger partial charge in [0.15, 0.2) is 0 Å². The molecule has 2 aromatic carbocycles. The molecule has 27 heavy (non-hydrogen) atoms. The molecule has 0 spiro atoms. The first-order chi connectivity index (χ1) is 13.1. The first-order valence-electron chi connectivity index (χ1n) is 9.55. The summed E-state index contributed by atoms with van der Waals surface area (Å²) in [4.78, 5) is 16.5. The first-order valence-corrected chi connectivity index (χ1v) is 9.55. The molecule has 0 aliphatic heterocycles. The highest BCUT2D eigenvalue weighted by Gasteiger charge is 2.11. The molecule has 0 fully saturated rings. The maximum atomic E-state index is 11.8. The van der Waals surface area contributed by atoms with Crippen molar-refractivity contribution < 1.29 is 9.53 Å². The predicted molar refractivity (Wildman–Crippen MR) is 108 cm³/mol. The van der Waals surface area contributed by atoms with Crippen LogP contribution in [0.5, 0.6) is 5.75 Å². The fraction of sp³-hybridized carbons (Fsp3) is 0.364. The lowest BCUT2D eigenvalue weighted by Crippen LogP contribution is -2.30. The number of rotatable bonds is 9. The number of hydrogen-bond acceptors (Lipinski definition) is 3. The quantitative estimate of drug-likeness (QED) is 0.587. The van der Waals surface area contributed by atoms with Crippen LogP contribution in [-0.4, -0.2) is 28.6 Å². The van der Waals surface area contributed by atoms with Gasteiger partial charge in [-0.05, 0) is 30.7 Å². The number of aromatic nitrogens is 2. The second-order valence-electron chi connectivity index (χ2n) is 6.88. The molecule has 3 aromatic rings. The van der Waals surface area contributed by atoms with E-state index >= 15 is 0 Å². The van der Waals surface area contributed by atoms with Gasteiger partial charge in [-0.3, -0.25) is 4.79 Å². The SMILES string of the molecule is CC(C)C(=O)NCCc1nc2ccccc2n1CCCOc1ccccc1. The van der Waals surface area contributed by atoms with Crippen LogP contribution in [0.2, 0.25) is 0 Å². The van der Waals surface area contributed by atoms with Crippen molar-refractivity contribution in [3.05, 3.63) is 60.4 Å². The van der Waals surface area contributed by atoms with Gasteiger partial charge in [0.1, 0.15) is 11.6 Å². The minimum Gasteiger partial charge on any atom is -0.494 e. The fourth-order valence-corrected chi connectivity index (χ4v) is 3.00. The lowest BCUT2D eigenvalue weighted by Gasteiger charge is -2.11. The van der Waals surface area contributed by atoms with Gasteiger partial charge in [0.05, 0.1) is 17.6 Å². The molecule has 1 aromatic heterocycles. The van der Waals surface area contributed by atoms with Gasteiger partial charge in [0.2, 0.25) is 5.91 Å². The highest BCUT2D eigenvalue weighted by atomic mass is 16.5. The second-order valence-corrected chi connectivity index (χ2v) is 6.88. The zero-order valence-electron chi connectivity index (χ0n) is 16.0. The number of nitrogens with zero attached hydrogens (tertiary/aromatic N) is 2. The van der Waals surface area contributed by atoms with Crippen LogP contribution in [0.4, 0.5) is 0 Å². The first kappa shape index (κ1) is 19.0. The van der Waals surface area contributed by atoms with Gasteiger partial charge < -0.3 is 14.6 Å². The molecule has 0 radical (unpaired) electrons. The summed E-state index contributed by atoms with van der Waals surface area (Å²) >= 11 is 0. The highest BCUT2D eigenvalue weighted by Crippen LogP contribution is 2.17. The van der Waals surface area contributed by atoms with Crippen LogP contribution in [0, 0.1) is 5.92 Å². The van der Waals surface area contributed by atoms with Crippen molar-refractivity contribution in [2.24, 2.45) is 5.92 Å². The number of hydrogen-bond donors (Lipinski definition) is 1. The monoisotopic (exact) mass is 365 g/mol. The van der Waals surface area contributed by atoms with Crippen molar-refractivity contribution in [3.63, 3.8) is 0 Å². The Morgan fingerprint density at radius 2 is 1.85 bits per heavy atom. The third kappa shape index (κ3) is 5.09. The van der Waals surface area contributed by atoms with E-state index in [9.17, 15) is 4.79 Å². The standard InChI is InChI=1S/C22H27N3O2/c1-17(2)22(26)23-14-13-21-24-19-11-6-7-12-20(19)25(21)15-8-16-27-18-9-4-3-5-10-18/h3-7,9-12,17H,8,13-16H2,1-2H3,(H,23,26). The van der Waals surface area contributed by atoms with Gasteiger partial charge in [-0.15, -0.1) is 0 Å². The molecule has 1 amide bonds. The van der Waals surface area contributed by atoms with Crippen LogP contribution >= 0.6 is 0 Å². The number of nitrogens with one attached hydrogen (secondary N) is 1. The minimum atomic E-state index is -0.000970. The van der Waals surface area contributed by atoms with Crippen molar-refractivity contribution in [1.82, 2.24) is 14.9 Å². The Morgan fingerprint density at radius 1 is 1.11 bits per heavy atom. The van der Waals surface area contributed by atoms with Crippen LogP contribution in [0.15, 0.2) is 54.6 Å². The van der Waals surface area contributed by atoms with E-state index in [1.54, 1.807) is 0 Å². The van der Waals surface area contributed by atoms with Crippen molar-refractivity contribution in [3.8, 4) is 5.75 Å². The highest BCUT2D eigenvalue weighted by molar-refractivity contribution is 5.78. The maximum absolute atomic E-state index is 11.8. The smallest absolute Gasteiger partial charge is 0.222 e. The molecule has 0 saturated carbocycles. The average Bonchev–Trinajstić information content (AvgIpc) is 3.03. The van der Waals surface area contributed by atoms with E-state index in [0.717, 1.165) is 35.6 Å². The number of para-hydroxylation sites is 3. The number of benzene rings is 2. The molecule has 5 heteroatoms. The Balaban J connectivity index is 1.62. The average molecular weight is 365 g/mol. The molecule has 0 bridgehead atoms. The van der Waals surface area contributed by atoms with Crippen molar-refractivity contribution >= 4 is 16.9 Å². The van der Waals surface area contributed by atoms with Gasteiger partial charge in [-0.2, -0.15) is 0 Å². The Morgan fingerprint density at radius 3 is 2.63 bits per heavy atom. The van der Waals surface area contributed by atoms with Gasteiger partial charge in [-0.1, -0.05) is 44.2 Å². The number of fused-ring (bicyclic) bond motifs is 1. The third-order valence-corrected chi connectivity index (χ3v) is 4.44. The van der Waals surface area contributed by atoms with E-state index < -0.39 is 0 Å². The summed E-state index contributed by atoms with van der Waals surface area (Å²) in [5.41, 5.74) is 2.12. The lowest BCUT2D eigenvalue weighted by molar-refractivity contribution is -0.123. The summed E-state index contributed by atoms with van der Waals surface area (Å²) in [7, 11) is 0. The summed E-state index contributed by atoms with van der Waals surface area (Å²) in [6, 6.07) is 18.0. The largest absolute Gasteiger partial charge is 0.494 e. The van der Waals surface area contributed by atoms with E-state index in [1.807, 2.05) is 62.4 Å². The number of ether oxygens (including phenoxy) is 1. The van der Waals surface area contributed by atoms with E-state index in [0.29, 0.717) is 19.6 Å². The minimum absolute atomic E-state index is 0.000970. The van der Waals surface area contributed by atoms with Crippen molar-refractivity contribution in [2.75, 3.05) is 13.2 Å². The Labute approximate surface area is 160 Å². The van der Waals surface area contributed by atoms with Crippen molar-refractivity contribution in [2.45, 2.75) is 33.2 Å². The molecule has 1 N–H and O–H groups in total. The molecular formula is C22H27N3O2. The van der Waals surface area contributed by atoms with Gasteiger partial charge in [-0.25, -0.2) is 4.98 Å². The number of carbonyl (C=O) groups excluding carboxylic acids is 1. The summed E-state index contributed by atoms with van der Waals surface area (Å²) in [6.07, 6.45) is 1.60. The summed E-state index contributed by atoms with van der Waals surface area (Å²) in [6.45, 7) is 5.89. The summed E-state index contributed by atoms with van der Waals surface area (Å²) in [5.74, 6) is 1.97. The van der Waals surface area contributed by atoms with Crippen LogP contribution < -0.4 is 10.1 Å². The number of imidazole rings is 1. The number of amides is 1. The van der Waals surface area contributed by atoms with Gasteiger partial charge in [0, 0.05) is 25.4 Å². The Hall–Kier alpha value is -2.82. The third-order valence-electron chi connectivity index (χ3n) is 4.44. The molecule has 1 heterocycles. The Kier molecular flexibility index (Phi) is 6.47. The molecule has 142 valence electrons. The van der Waals surface area contributed by atoms with Crippen molar-refractivity contribution in [1.29, 1.82) is 0 Å². The van der Waals surface area contributed by atoms with E-state index in [1.165, 1.54) is 0 Å². The summed E-state index contributed by atoms with van der Waals surface area (Å²) in [5, 5.41) is 2.97. The topological polar surface area (TPSA) is 56.2 Å². The van der Waals surface area contributed by atoms with E-state index in [2.05, 4.69) is 16.0 Å². The Bertz CT molecular complexity index is 872. The molecule has 0 atom stereocenters. The predicted octanol–water partition coefficient (Wildman–Crippen LogP) is 3.82.